The van der Waals surface area contributed by atoms with E-state index in [0.29, 0.717) is 34.6 Å². The van der Waals surface area contributed by atoms with E-state index >= 15 is 0 Å². The van der Waals surface area contributed by atoms with Crippen molar-refractivity contribution in [2.24, 2.45) is 0 Å². The molecule has 0 heterocycles. The Kier molecular flexibility index (Phi) is 20.0. The fourth-order valence-corrected chi connectivity index (χ4v) is 12.5. The van der Waals surface area contributed by atoms with Gasteiger partial charge in [-0.2, -0.15) is 0 Å². The Balaban J connectivity index is 5.22. The molecular weight excluding hydrogens is 591 g/mol. The third-order valence-corrected chi connectivity index (χ3v) is 15.1. The Morgan fingerprint density at radius 2 is 1.00 bits per heavy atom. The van der Waals surface area contributed by atoms with Gasteiger partial charge < -0.3 is 0 Å². The van der Waals surface area contributed by atoms with Crippen LogP contribution in [0.25, 0.3) is 0 Å². The van der Waals surface area contributed by atoms with E-state index in [9.17, 15) is 19.2 Å². The summed E-state index contributed by atoms with van der Waals surface area (Å²) in [5.41, 5.74) is 0. The van der Waals surface area contributed by atoms with Gasteiger partial charge in [0.2, 0.25) is 0 Å². The molecule has 2 atom stereocenters. The van der Waals surface area contributed by atoms with Crippen LogP contribution in [0.1, 0.15) is 66.2 Å². The van der Waals surface area contributed by atoms with Crippen LogP contribution in [0.2, 0.25) is 8.87 Å². The van der Waals surface area contributed by atoms with Gasteiger partial charge in [-0.25, -0.2) is 0 Å². The zero-order valence-electron chi connectivity index (χ0n) is 23.1. The standard InChI is InChI=1S/2C9H14O5.2C4H9.Sn/c2*1-7(13-2)5-6-14-9(12)4-3-8(10)11;2*1-3-4-2;/h2*3-4,7H,5-6H2,1-2H3,(H,10,11);2*1,3-4H2,2H3;/q;;;;+2/p-2/b2*4-3-;;;. The number of carbonyl (C=O) groups excluding carboxylic acids is 4. The third-order valence-electron chi connectivity index (χ3n) is 5.45. The number of ether oxygens (including phenoxy) is 4. The van der Waals surface area contributed by atoms with Gasteiger partial charge in [-0.05, 0) is 0 Å². The number of methoxy groups -OCH3 is 2. The molecule has 212 valence electrons. The minimum atomic E-state index is -4.26. The summed E-state index contributed by atoms with van der Waals surface area (Å²) in [4.78, 5) is 49.0. The molecule has 0 aliphatic rings. The number of hydrogen-bond donors (Lipinski definition) is 0. The van der Waals surface area contributed by atoms with Crippen LogP contribution >= 0.6 is 0 Å². The molecule has 0 amide bonds. The summed E-state index contributed by atoms with van der Waals surface area (Å²) in [5, 5.41) is 0. The van der Waals surface area contributed by atoms with Crippen LogP contribution in [0.15, 0.2) is 24.3 Å². The molecule has 0 fully saturated rings. The van der Waals surface area contributed by atoms with Gasteiger partial charge in [-0.15, -0.1) is 0 Å². The average Bonchev–Trinajstić information content (AvgIpc) is 2.88. The van der Waals surface area contributed by atoms with Gasteiger partial charge in [0.05, 0.1) is 0 Å². The van der Waals surface area contributed by atoms with Crippen molar-refractivity contribution in [3.8, 4) is 0 Å². The van der Waals surface area contributed by atoms with Gasteiger partial charge in [0.25, 0.3) is 0 Å². The van der Waals surface area contributed by atoms with E-state index in [4.69, 9.17) is 25.1 Å². The van der Waals surface area contributed by atoms with Crippen LogP contribution in [-0.4, -0.2) is 82.7 Å². The van der Waals surface area contributed by atoms with Gasteiger partial charge >= 0.3 is 226 Å². The first kappa shape index (κ1) is 35.1. The van der Waals surface area contributed by atoms with Crippen LogP contribution in [-0.2, 0) is 44.3 Å². The predicted molar refractivity (Wildman–Crippen MR) is 140 cm³/mol. The molecule has 37 heavy (non-hydrogen) atoms. The molecule has 11 heteroatoms. The van der Waals surface area contributed by atoms with Crippen molar-refractivity contribution in [2.45, 2.75) is 87.3 Å². The first-order valence-electron chi connectivity index (χ1n) is 12.8. The molecule has 0 spiro atoms. The van der Waals surface area contributed by atoms with Gasteiger partial charge in [0.1, 0.15) is 0 Å². The molecule has 0 N–H and O–H groups in total. The van der Waals surface area contributed by atoms with E-state index in [1.165, 1.54) is 0 Å². The van der Waals surface area contributed by atoms with E-state index in [0.717, 1.165) is 37.1 Å². The van der Waals surface area contributed by atoms with E-state index in [1.54, 1.807) is 14.2 Å². The van der Waals surface area contributed by atoms with Crippen LogP contribution in [0.3, 0.4) is 0 Å². The fraction of sp³-hybridized carbons (Fsp3) is 0.692. The maximum atomic E-state index is 12.6. The summed E-state index contributed by atoms with van der Waals surface area (Å²) in [6, 6.07) is 0. The van der Waals surface area contributed by atoms with Gasteiger partial charge in [-0.3, -0.25) is 0 Å². The Morgan fingerprint density at radius 1 is 0.649 bits per heavy atom. The van der Waals surface area contributed by atoms with Crippen molar-refractivity contribution in [2.75, 3.05) is 27.4 Å². The number of rotatable bonds is 20. The molecule has 2 unspecified atom stereocenters. The zero-order valence-corrected chi connectivity index (χ0v) is 26.0. The second-order valence-electron chi connectivity index (χ2n) is 8.63. The molecule has 0 rings (SSSR count). The van der Waals surface area contributed by atoms with Crippen molar-refractivity contribution in [1.29, 1.82) is 0 Å². The molecule has 0 aliphatic carbocycles. The molecule has 0 aromatic rings. The average molecular weight is 635 g/mol. The van der Waals surface area contributed by atoms with Crippen LogP contribution in [0.5, 0.6) is 0 Å². The molecule has 0 saturated heterocycles. The zero-order chi connectivity index (χ0) is 28.1. The maximum absolute atomic E-state index is 12.6. The fourth-order valence-electron chi connectivity index (χ4n) is 2.93. The molecule has 0 aromatic carbocycles. The van der Waals surface area contributed by atoms with Crippen LogP contribution < -0.4 is 0 Å². The Hall–Kier alpha value is -1.92. The monoisotopic (exact) mass is 636 g/mol. The first-order chi connectivity index (χ1) is 17.6. The summed E-state index contributed by atoms with van der Waals surface area (Å²) in [6.07, 6.45) is 8.00. The van der Waals surface area contributed by atoms with Crippen LogP contribution in [0, 0.1) is 0 Å². The van der Waals surface area contributed by atoms with E-state index in [1.807, 2.05) is 27.7 Å². The van der Waals surface area contributed by atoms with E-state index < -0.39 is 43.1 Å². The summed E-state index contributed by atoms with van der Waals surface area (Å²) in [7, 11) is 3.13. The summed E-state index contributed by atoms with van der Waals surface area (Å²) >= 11 is -4.26. The Labute approximate surface area is 226 Å². The number of unbranched alkanes of at least 4 members (excludes halogenated alkanes) is 2. The Morgan fingerprint density at radius 3 is 1.32 bits per heavy atom. The molecule has 10 nitrogen and oxygen atoms in total. The van der Waals surface area contributed by atoms with Gasteiger partial charge in [0, 0.05) is 0 Å². The summed E-state index contributed by atoms with van der Waals surface area (Å²) in [5.74, 6) is -2.87. The number of carbonyl (C=O) groups is 4. The quantitative estimate of drug-likeness (QED) is 0.109. The van der Waals surface area contributed by atoms with E-state index in [2.05, 4.69) is 0 Å². The van der Waals surface area contributed by atoms with Crippen molar-refractivity contribution in [3.63, 3.8) is 0 Å². The second kappa shape index (κ2) is 21.1. The molecule has 0 aliphatic heterocycles. The molecule has 0 bridgehead atoms. The van der Waals surface area contributed by atoms with Crippen molar-refractivity contribution >= 4 is 43.1 Å². The van der Waals surface area contributed by atoms with E-state index in [-0.39, 0.29) is 25.4 Å². The first-order valence-corrected chi connectivity index (χ1v) is 19.2. The molecule has 0 radical (unpaired) electrons. The van der Waals surface area contributed by atoms with Crippen LogP contribution in [0.4, 0.5) is 0 Å². The van der Waals surface area contributed by atoms with Crippen molar-refractivity contribution < 1.29 is 44.3 Å². The molecule has 0 saturated carbocycles. The Bertz CT molecular complexity index is 688. The molecular formula is C26H44O10Sn. The summed E-state index contributed by atoms with van der Waals surface area (Å²) in [6.45, 7) is 7.98. The summed E-state index contributed by atoms with van der Waals surface area (Å²) < 4.78 is 32.8. The SMILES string of the molecule is CCC[CH2][Sn]([CH2]CCC)([O]C(=O)/C=C\C(=O)OCCC(C)OC)[O]C(=O)/C=C\C(=O)OCCC(C)OC. The minimum absolute atomic E-state index is 0.0569. The topological polar surface area (TPSA) is 124 Å². The second-order valence-corrected chi connectivity index (χ2v) is 17.8. The van der Waals surface area contributed by atoms with Crippen molar-refractivity contribution in [1.82, 2.24) is 0 Å². The number of hydrogen-bond acceptors (Lipinski definition) is 10. The normalized spacial score (nSPS) is 13.4. The third kappa shape index (κ3) is 18.0. The van der Waals surface area contributed by atoms with Gasteiger partial charge in [-0.1, -0.05) is 0 Å². The van der Waals surface area contributed by atoms with Crippen molar-refractivity contribution in [3.05, 3.63) is 24.3 Å². The predicted octanol–water partition coefficient (Wildman–Crippen LogP) is 4.16. The number of esters is 2. The van der Waals surface area contributed by atoms with Gasteiger partial charge in [0.15, 0.2) is 0 Å². The molecule has 0 aromatic heterocycles.